The van der Waals surface area contributed by atoms with Gasteiger partial charge in [-0.05, 0) is 40.5 Å². The fourth-order valence-electron chi connectivity index (χ4n) is 3.61. The number of carbonyl (C=O) groups is 4. The zero-order valence-corrected chi connectivity index (χ0v) is 23.2. The normalized spacial score (nSPS) is 9.73. The number of carboxylic acid groups (broad SMARTS) is 4. The van der Waals surface area contributed by atoms with E-state index in [0.717, 1.165) is 0 Å². The van der Waals surface area contributed by atoms with Gasteiger partial charge in [-0.1, -0.05) is 78.9 Å². The van der Waals surface area contributed by atoms with Gasteiger partial charge < -0.3 is 25.2 Å². The predicted molar refractivity (Wildman–Crippen MR) is 129 cm³/mol. The van der Waals surface area contributed by atoms with Crippen molar-refractivity contribution >= 4 is 23.9 Å². The Labute approximate surface area is 243 Å². The Hall–Kier alpha value is -3.92. The summed E-state index contributed by atoms with van der Waals surface area (Å²) in [6.07, 6.45) is 0. The van der Waals surface area contributed by atoms with Crippen LogP contribution in [0.25, 0.3) is 22.3 Å². The van der Waals surface area contributed by atoms with E-state index < -0.39 is 23.9 Å². The number of hydrogen-bond acceptors (Lipinski definition) is 5. The molecule has 0 aliphatic heterocycles. The van der Waals surface area contributed by atoms with Crippen LogP contribution in [0.5, 0.6) is 0 Å². The molecule has 0 radical (unpaired) electrons. The number of rotatable bonds is 6. The second kappa shape index (κ2) is 13.4. The van der Waals surface area contributed by atoms with Crippen LogP contribution >= 0.6 is 0 Å². The Morgan fingerprint density at radius 2 is 0.649 bits per heavy atom. The van der Waals surface area contributed by atoms with Gasteiger partial charge in [0.1, 0.15) is 0 Å². The van der Waals surface area contributed by atoms with Crippen molar-refractivity contribution < 1.29 is 79.5 Å². The van der Waals surface area contributed by atoms with Crippen molar-refractivity contribution in [2.24, 2.45) is 0 Å². The van der Waals surface area contributed by atoms with Gasteiger partial charge in [0.2, 0.25) is 0 Å². The van der Waals surface area contributed by atoms with Crippen molar-refractivity contribution in [2.75, 3.05) is 0 Å². The Morgan fingerprint density at radius 3 is 0.892 bits per heavy atom. The quantitative estimate of drug-likeness (QED) is 0.269. The summed E-state index contributed by atoms with van der Waals surface area (Å²) in [5.41, 5.74) is 1.74. The number of hydrogen-bond donors (Lipinski definition) is 3. The summed E-state index contributed by atoms with van der Waals surface area (Å²) in [6, 6.07) is 25.1. The van der Waals surface area contributed by atoms with Crippen molar-refractivity contribution in [3.8, 4) is 22.3 Å². The van der Waals surface area contributed by atoms with Crippen LogP contribution in [0, 0.1) is 39.9 Å². The van der Waals surface area contributed by atoms with Gasteiger partial charge in [0.05, 0.1) is 22.7 Å². The molecule has 3 N–H and O–H groups in total. The maximum atomic E-state index is 11.1. The summed E-state index contributed by atoms with van der Waals surface area (Å²) in [7, 11) is 0. The fraction of sp³-hybridized carbons (Fsp3) is 0. The van der Waals surface area contributed by atoms with Gasteiger partial charge in [-0.3, -0.25) is 0 Å². The molecule has 37 heavy (non-hydrogen) atoms. The molecule has 0 aromatic heterocycles. The first-order chi connectivity index (χ1) is 17.2. The molecule has 0 unspecified atom stereocenters. The average molecular weight is 715 g/mol. The molecule has 0 spiro atoms. The summed E-state index contributed by atoms with van der Waals surface area (Å²) >= 11 is 0. The molecule has 4 aromatic rings. The van der Waals surface area contributed by atoms with Crippen LogP contribution in [-0.2, 0) is 0 Å². The minimum absolute atomic E-state index is 0. The van der Waals surface area contributed by atoms with Gasteiger partial charge in [0.25, 0.3) is 0 Å². The summed E-state index contributed by atoms with van der Waals surface area (Å²) in [6.45, 7) is 0. The molecule has 0 aliphatic rings. The van der Waals surface area contributed by atoms with E-state index in [1.807, 2.05) is 0 Å². The molecule has 0 fully saturated rings. The maximum Gasteiger partial charge on any atom is 0.336 e. The smallest absolute Gasteiger partial charge is 0.336 e. The Morgan fingerprint density at radius 1 is 0.432 bits per heavy atom. The molecule has 0 amide bonds. The first-order valence-electron chi connectivity index (χ1n) is 10.5. The second-order valence-corrected chi connectivity index (χ2v) is 7.39. The summed E-state index contributed by atoms with van der Waals surface area (Å²) < 4.78 is 0. The molecule has 0 bridgehead atoms. The molecule has 4 rings (SSSR count). The molecule has 4 aromatic carbocycles. The Kier molecular flexibility index (Phi) is 10.6. The zero-order valence-electron chi connectivity index (χ0n) is 19.1. The molecule has 8 nitrogen and oxygen atoms in total. The van der Waals surface area contributed by atoms with Crippen molar-refractivity contribution in [2.45, 2.75) is 0 Å². The van der Waals surface area contributed by atoms with E-state index in [0.29, 0.717) is 22.3 Å². The van der Waals surface area contributed by atoms with Crippen molar-refractivity contribution in [3.05, 3.63) is 119 Å². The van der Waals surface area contributed by atoms with Crippen molar-refractivity contribution in [1.82, 2.24) is 0 Å². The molecular formula is C28H19O8Th-. The van der Waals surface area contributed by atoms with Crippen LogP contribution in [-0.4, -0.2) is 39.2 Å². The topological polar surface area (TPSA) is 152 Å². The Bertz CT molecular complexity index is 1240. The molecule has 0 heterocycles. The third-order valence-corrected chi connectivity index (χ3v) is 5.20. The second-order valence-electron chi connectivity index (χ2n) is 7.39. The van der Waals surface area contributed by atoms with E-state index in [4.69, 9.17) is 15.3 Å². The van der Waals surface area contributed by atoms with Gasteiger partial charge >= 0.3 is 17.9 Å². The predicted octanol–water partition coefficient (Wildman–Crippen LogP) is 4.17. The molecule has 9 heteroatoms. The molecule has 0 atom stereocenters. The van der Waals surface area contributed by atoms with Gasteiger partial charge in [-0.2, -0.15) is 0 Å². The third-order valence-electron chi connectivity index (χ3n) is 5.20. The molecular weight excluding hydrogens is 696 g/mol. The minimum atomic E-state index is -1.33. The van der Waals surface area contributed by atoms with Gasteiger partial charge in [-0.15, -0.1) is 0 Å². The minimum Gasteiger partial charge on any atom is -0.545 e. The zero-order chi connectivity index (χ0) is 26.2. The van der Waals surface area contributed by atoms with Crippen LogP contribution < -0.4 is 5.11 Å². The maximum absolute atomic E-state index is 11.1. The number of carbonyl (C=O) groups excluding carboxylic acids is 1. The Balaban J connectivity index is 0.000000253. The molecule has 0 aliphatic carbocycles. The van der Waals surface area contributed by atoms with E-state index in [2.05, 4.69) is 0 Å². The van der Waals surface area contributed by atoms with Crippen LogP contribution in [0.1, 0.15) is 41.4 Å². The molecule has 0 saturated heterocycles. The van der Waals surface area contributed by atoms with Crippen LogP contribution in [0.3, 0.4) is 0 Å². The third kappa shape index (κ3) is 7.07. The van der Waals surface area contributed by atoms with Gasteiger partial charge in [-0.25, -0.2) is 14.4 Å². The summed E-state index contributed by atoms with van der Waals surface area (Å²) in [5.74, 6) is -4.58. The monoisotopic (exact) mass is 715 g/mol. The van der Waals surface area contributed by atoms with E-state index in [-0.39, 0.29) is 62.2 Å². The SMILES string of the molecule is O=C(O)c1ccccc1-c1ccccc1C(=O)O.O=C([O-])c1ccccc1-c1ccccc1C(=O)O.[Th]. The van der Waals surface area contributed by atoms with Gasteiger partial charge in [0.15, 0.2) is 0 Å². The average Bonchev–Trinajstić information content (AvgIpc) is 2.89. The van der Waals surface area contributed by atoms with E-state index in [1.54, 1.807) is 72.8 Å². The van der Waals surface area contributed by atoms with Crippen molar-refractivity contribution in [1.29, 1.82) is 0 Å². The number of carboxylic acids is 4. The fourth-order valence-corrected chi connectivity index (χ4v) is 3.61. The largest absolute Gasteiger partial charge is 0.545 e. The number of aromatic carboxylic acids is 4. The molecule has 184 valence electrons. The van der Waals surface area contributed by atoms with Gasteiger partial charge in [0, 0.05) is 45.5 Å². The van der Waals surface area contributed by atoms with E-state index in [1.165, 1.54) is 24.3 Å². The summed E-state index contributed by atoms with van der Waals surface area (Å²) in [4.78, 5) is 44.4. The number of benzene rings is 4. The standard InChI is InChI=1S/2C14H10O4.Th/c2*15-13(16)11-7-3-1-5-9(11)10-6-2-4-8-12(10)14(17)18;/h2*1-8H,(H,15,16)(H,17,18);/p-1. The molecule has 0 saturated carbocycles. The van der Waals surface area contributed by atoms with Crippen LogP contribution in [0.4, 0.5) is 0 Å². The van der Waals surface area contributed by atoms with E-state index in [9.17, 15) is 24.3 Å². The van der Waals surface area contributed by atoms with Crippen LogP contribution in [0.2, 0.25) is 0 Å². The summed E-state index contributed by atoms with van der Waals surface area (Å²) in [5, 5.41) is 38.3. The first-order valence-corrected chi connectivity index (χ1v) is 10.5. The first kappa shape index (κ1) is 29.3. The van der Waals surface area contributed by atoms with E-state index >= 15 is 0 Å². The van der Waals surface area contributed by atoms with Crippen molar-refractivity contribution in [3.63, 3.8) is 0 Å². The van der Waals surface area contributed by atoms with Crippen LogP contribution in [0.15, 0.2) is 97.1 Å².